The smallest absolute Gasteiger partial charge is 0.316 e. The van der Waals surface area contributed by atoms with Gasteiger partial charge in [-0.05, 0) is 27.2 Å². The first-order valence-corrected chi connectivity index (χ1v) is 11.4. The normalized spacial score (nSPS) is 28.5. The summed E-state index contributed by atoms with van der Waals surface area (Å²) in [6.45, 7) is 7.95. The predicted molar refractivity (Wildman–Crippen MR) is 104 cm³/mol. The number of carbonyl (C=O) groups is 2. The van der Waals surface area contributed by atoms with Gasteiger partial charge >= 0.3 is 5.97 Å². The maximum Gasteiger partial charge on any atom is 0.316 e. The van der Waals surface area contributed by atoms with E-state index in [2.05, 4.69) is 10.2 Å². The van der Waals surface area contributed by atoms with E-state index in [1.807, 2.05) is 27.7 Å². The minimum atomic E-state index is -0.771. The molecule has 2 N–H and O–H groups in total. The van der Waals surface area contributed by atoms with Gasteiger partial charge < -0.3 is 15.4 Å². The van der Waals surface area contributed by atoms with Crippen LogP contribution in [0.25, 0.3) is 0 Å². The molecule has 0 bridgehead atoms. The highest BCUT2D eigenvalue weighted by Crippen LogP contribution is 2.45. The summed E-state index contributed by atoms with van der Waals surface area (Å²) < 4.78 is 6.53. The molecule has 0 aliphatic carbocycles. The number of hydrogen-bond acceptors (Lipinski definition) is 9. The minimum Gasteiger partial charge on any atom is -0.459 e. The minimum absolute atomic E-state index is 0.0312. The molecule has 0 saturated carbocycles. The fourth-order valence-corrected chi connectivity index (χ4v) is 6.46. The van der Waals surface area contributed by atoms with Crippen LogP contribution in [0.1, 0.15) is 32.7 Å². The van der Waals surface area contributed by atoms with Crippen LogP contribution >= 0.6 is 34.9 Å². The molecule has 0 aromatic carbocycles. The van der Waals surface area contributed by atoms with Crippen LogP contribution in [0.2, 0.25) is 0 Å². The van der Waals surface area contributed by atoms with Crippen LogP contribution in [0, 0.1) is 5.41 Å². The van der Waals surface area contributed by atoms with Crippen LogP contribution in [-0.4, -0.2) is 62.0 Å². The van der Waals surface area contributed by atoms with Crippen molar-refractivity contribution in [2.75, 3.05) is 18.1 Å². The molecule has 2 fully saturated rings. The lowest BCUT2D eigenvalue weighted by atomic mass is 9.89. The number of carbonyl (C=O) groups excluding carboxylic acids is 2. The Kier molecular flexibility index (Phi) is 5.58. The summed E-state index contributed by atoms with van der Waals surface area (Å²) in [7, 11) is 0. The first-order chi connectivity index (χ1) is 12.1. The standard InChI is InChI=1S/C16H24N4O3S3/c1-5-9-18-19-14(26-9)25-8-16(13(22)23-15(2,3)4)6-20-11(21)10(17)12(20)24-7-16/h10,12H,5-8,17H2,1-4H3/t10?,12-,16?/m1/s1. The zero-order valence-corrected chi connectivity index (χ0v) is 17.8. The predicted octanol–water partition coefficient (Wildman–Crippen LogP) is 1.76. The van der Waals surface area contributed by atoms with Crippen molar-refractivity contribution in [2.24, 2.45) is 11.1 Å². The van der Waals surface area contributed by atoms with E-state index in [0.717, 1.165) is 15.8 Å². The molecule has 26 heavy (non-hydrogen) atoms. The summed E-state index contributed by atoms with van der Waals surface area (Å²) in [5.74, 6) is 0.719. The van der Waals surface area contributed by atoms with E-state index in [4.69, 9.17) is 10.5 Å². The Hall–Kier alpha value is -0.840. The number of amides is 1. The Morgan fingerprint density at radius 2 is 2.19 bits per heavy atom. The molecule has 1 amide bonds. The van der Waals surface area contributed by atoms with Crippen molar-refractivity contribution in [3.05, 3.63) is 5.01 Å². The van der Waals surface area contributed by atoms with Crippen LogP contribution in [0.5, 0.6) is 0 Å². The molecule has 0 radical (unpaired) electrons. The van der Waals surface area contributed by atoms with Gasteiger partial charge in [-0.2, -0.15) is 0 Å². The zero-order valence-electron chi connectivity index (χ0n) is 15.4. The van der Waals surface area contributed by atoms with Crippen LogP contribution in [-0.2, 0) is 20.7 Å². The molecular formula is C16H24N4O3S3. The highest BCUT2D eigenvalue weighted by Gasteiger charge is 2.56. The van der Waals surface area contributed by atoms with Gasteiger partial charge in [-0.1, -0.05) is 30.0 Å². The molecule has 2 aliphatic rings. The summed E-state index contributed by atoms with van der Waals surface area (Å²) in [5.41, 5.74) is 4.53. The molecule has 2 aliphatic heterocycles. The third kappa shape index (κ3) is 3.88. The van der Waals surface area contributed by atoms with E-state index < -0.39 is 17.1 Å². The highest BCUT2D eigenvalue weighted by atomic mass is 32.2. The summed E-state index contributed by atoms with van der Waals surface area (Å²) in [6.07, 6.45) is 0.840. The van der Waals surface area contributed by atoms with E-state index >= 15 is 0 Å². The number of nitrogens with zero attached hydrogens (tertiary/aromatic N) is 3. The maximum absolute atomic E-state index is 13.0. The first kappa shape index (κ1) is 19.9. The van der Waals surface area contributed by atoms with Crippen molar-refractivity contribution in [1.82, 2.24) is 15.1 Å². The van der Waals surface area contributed by atoms with Gasteiger partial charge in [0, 0.05) is 18.1 Å². The maximum atomic E-state index is 13.0. The second kappa shape index (κ2) is 7.29. The zero-order chi connectivity index (χ0) is 19.1. The summed E-state index contributed by atoms with van der Waals surface area (Å²) in [4.78, 5) is 26.9. The Labute approximate surface area is 165 Å². The second-order valence-corrected chi connectivity index (χ2v) is 11.0. The summed E-state index contributed by atoms with van der Waals surface area (Å²) >= 11 is 4.61. The second-order valence-electron chi connectivity index (χ2n) is 7.58. The molecule has 1 aromatic rings. The van der Waals surface area contributed by atoms with Crippen molar-refractivity contribution >= 4 is 46.7 Å². The lowest BCUT2D eigenvalue weighted by Crippen LogP contribution is -2.72. The Balaban J connectivity index is 1.77. The molecule has 144 valence electrons. The molecule has 3 heterocycles. The SMILES string of the molecule is CCc1nnc(SCC2(C(=O)OC(C)(C)C)CS[C@@H]3C(N)C(=O)N3C2)s1. The molecule has 2 saturated heterocycles. The quantitative estimate of drug-likeness (QED) is 0.440. The molecule has 1 aromatic heterocycles. The number of β-lactam (4-membered cyclic amide) rings is 1. The van der Waals surface area contributed by atoms with Crippen LogP contribution < -0.4 is 5.73 Å². The lowest BCUT2D eigenvalue weighted by molar-refractivity contribution is -0.169. The Morgan fingerprint density at radius 1 is 1.46 bits per heavy atom. The van der Waals surface area contributed by atoms with Crippen molar-refractivity contribution in [3.63, 3.8) is 0 Å². The number of esters is 1. The number of aryl methyl sites for hydroxylation is 1. The molecule has 3 atom stereocenters. The Morgan fingerprint density at radius 3 is 2.81 bits per heavy atom. The fourth-order valence-electron chi connectivity index (χ4n) is 2.82. The number of nitrogens with two attached hydrogens (primary N) is 1. The third-order valence-corrected chi connectivity index (χ3v) is 8.34. The molecule has 3 rings (SSSR count). The molecule has 7 nitrogen and oxygen atoms in total. The lowest BCUT2D eigenvalue weighted by Gasteiger charge is -2.53. The van der Waals surface area contributed by atoms with Crippen molar-refractivity contribution in [3.8, 4) is 0 Å². The number of rotatable bonds is 5. The highest BCUT2D eigenvalue weighted by molar-refractivity contribution is 8.01. The molecule has 0 spiro atoms. The third-order valence-electron chi connectivity index (χ3n) is 4.24. The van der Waals surface area contributed by atoms with Gasteiger partial charge in [0.05, 0.1) is 0 Å². The average Bonchev–Trinajstić information content (AvgIpc) is 3.05. The van der Waals surface area contributed by atoms with Crippen molar-refractivity contribution in [1.29, 1.82) is 0 Å². The van der Waals surface area contributed by atoms with Gasteiger partial charge in [0.15, 0.2) is 4.34 Å². The van der Waals surface area contributed by atoms with Crippen LogP contribution in [0.15, 0.2) is 4.34 Å². The Bertz CT molecular complexity index is 705. The van der Waals surface area contributed by atoms with E-state index in [-0.39, 0.29) is 17.3 Å². The van der Waals surface area contributed by atoms with Crippen LogP contribution in [0.3, 0.4) is 0 Å². The van der Waals surface area contributed by atoms with Gasteiger partial charge in [0.1, 0.15) is 27.4 Å². The first-order valence-electron chi connectivity index (χ1n) is 8.51. The number of ether oxygens (including phenoxy) is 1. The number of fused-ring (bicyclic) bond motifs is 1. The summed E-state index contributed by atoms with van der Waals surface area (Å²) in [5, 5.41) is 9.26. The number of aromatic nitrogens is 2. The average molecular weight is 417 g/mol. The van der Waals surface area contributed by atoms with E-state index in [1.54, 1.807) is 28.0 Å². The summed E-state index contributed by atoms with van der Waals surface area (Å²) in [6, 6.07) is -0.459. The largest absolute Gasteiger partial charge is 0.459 e. The number of hydrogen-bond donors (Lipinski definition) is 1. The van der Waals surface area contributed by atoms with Crippen molar-refractivity contribution < 1.29 is 14.3 Å². The topological polar surface area (TPSA) is 98.4 Å². The van der Waals surface area contributed by atoms with Gasteiger partial charge in [0.25, 0.3) is 0 Å². The molecule has 2 unspecified atom stereocenters. The van der Waals surface area contributed by atoms with E-state index in [0.29, 0.717) is 18.1 Å². The molecular weight excluding hydrogens is 392 g/mol. The van der Waals surface area contributed by atoms with Gasteiger partial charge in [-0.15, -0.1) is 22.0 Å². The van der Waals surface area contributed by atoms with Crippen molar-refractivity contribution in [2.45, 2.75) is 55.5 Å². The van der Waals surface area contributed by atoms with Gasteiger partial charge in [0.2, 0.25) is 5.91 Å². The van der Waals surface area contributed by atoms with Gasteiger partial charge in [-0.25, -0.2) is 0 Å². The van der Waals surface area contributed by atoms with E-state index in [9.17, 15) is 9.59 Å². The van der Waals surface area contributed by atoms with Gasteiger partial charge in [-0.3, -0.25) is 9.59 Å². The van der Waals surface area contributed by atoms with E-state index in [1.165, 1.54) is 11.8 Å². The molecule has 10 heteroatoms. The fraction of sp³-hybridized carbons (Fsp3) is 0.750. The monoisotopic (exact) mass is 416 g/mol. The number of thioether (sulfide) groups is 2. The van der Waals surface area contributed by atoms with Crippen LogP contribution in [0.4, 0.5) is 0 Å².